The number of nitrogens with zero attached hydrogens (tertiary/aromatic N) is 2. The first-order valence-corrected chi connectivity index (χ1v) is 14.9. The van der Waals surface area contributed by atoms with Gasteiger partial charge in [0.15, 0.2) is 0 Å². The van der Waals surface area contributed by atoms with Crippen molar-refractivity contribution in [2.24, 2.45) is 5.92 Å². The zero-order valence-corrected chi connectivity index (χ0v) is 25.0. The molecule has 2 aromatic carbocycles. The van der Waals surface area contributed by atoms with E-state index in [-0.39, 0.29) is 24.9 Å². The lowest BCUT2D eigenvalue weighted by Crippen LogP contribution is -2.29. The first-order chi connectivity index (χ1) is 20.8. The number of hydrogen-bond donors (Lipinski definition) is 1. The molecule has 1 N–H and O–H groups in total. The minimum atomic E-state index is -1.01. The van der Waals surface area contributed by atoms with Crippen molar-refractivity contribution in [3.8, 4) is 5.75 Å². The van der Waals surface area contributed by atoms with Crippen molar-refractivity contribution in [1.82, 2.24) is 9.88 Å². The first kappa shape index (κ1) is 30.4. The number of benzene rings is 2. The van der Waals surface area contributed by atoms with E-state index in [9.17, 15) is 14.1 Å². The second kappa shape index (κ2) is 13.9. The summed E-state index contributed by atoms with van der Waals surface area (Å²) in [6, 6.07) is 16.7. The molecule has 0 spiro atoms. The van der Waals surface area contributed by atoms with E-state index >= 15 is 0 Å². The third kappa shape index (κ3) is 7.46. The van der Waals surface area contributed by atoms with E-state index in [1.807, 2.05) is 36.4 Å². The number of halogens is 2. The summed E-state index contributed by atoms with van der Waals surface area (Å²) in [4.78, 5) is 32.5. The minimum absolute atomic E-state index is 0.0480. The van der Waals surface area contributed by atoms with Crippen molar-refractivity contribution in [2.75, 3.05) is 18.9 Å². The highest BCUT2D eigenvalue weighted by Gasteiger charge is 2.30. The molecule has 8 nitrogen and oxygen atoms in total. The predicted molar refractivity (Wildman–Crippen MR) is 163 cm³/mol. The number of amides is 1. The molecule has 1 aliphatic rings. The maximum Gasteiger partial charge on any atom is 0.350 e. The van der Waals surface area contributed by atoms with E-state index < -0.39 is 5.97 Å². The molecule has 2 aromatic heterocycles. The molecular weight excluding hydrogens is 573 g/mol. The molecule has 1 saturated carbocycles. The van der Waals surface area contributed by atoms with Crippen molar-refractivity contribution < 1.29 is 28.2 Å². The van der Waals surface area contributed by atoms with Crippen molar-refractivity contribution in [3.63, 3.8) is 0 Å². The van der Waals surface area contributed by atoms with Crippen molar-refractivity contribution in [3.05, 3.63) is 88.4 Å². The monoisotopic (exact) mass is 607 g/mol. The van der Waals surface area contributed by atoms with Crippen molar-refractivity contribution in [1.29, 1.82) is 0 Å². The summed E-state index contributed by atoms with van der Waals surface area (Å²) in [6.07, 6.45) is 7.27. The fourth-order valence-corrected chi connectivity index (χ4v) is 5.75. The Bertz CT molecular complexity index is 1550. The lowest BCUT2D eigenvalue weighted by molar-refractivity contribution is -0.183. The van der Waals surface area contributed by atoms with Crippen LogP contribution in [0.15, 0.2) is 65.2 Å². The Morgan fingerprint density at radius 1 is 1.12 bits per heavy atom. The van der Waals surface area contributed by atoms with E-state index in [0.717, 1.165) is 52.1 Å². The minimum Gasteiger partial charge on any atom is -0.489 e. The number of anilines is 1. The fourth-order valence-electron chi connectivity index (χ4n) is 5.64. The maximum atomic E-state index is 12.8. The number of aryl methyl sites for hydroxylation is 1. The maximum absolute atomic E-state index is 12.8. The number of furan rings is 1. The Kier molecular flexibility index (Phi) is 9.82. The van der Waals surface area contributed by atoms with Crippen LogP contribution >= 0.6 is 11.6 Å². The number of carbonyl (C=O) groups excluding carboxylic acids is 2. The largest absolute Gasteiger partial charge is 0.489 e. The molecule has 1 aliphatic carbocycles. The SMILES string of the molecule is Cc1c(C(Nc2ccc(C(=O)N(C)CCC(=O)OF)cc2)C2CCCCC2)oc2ccc(OCc3ccc(Cl)nc3)cc12. The van der Waals surface area contributed by atoms with E-state index in [2.05, 4.69) is 22.2 Å². The van der Waals surface area contributed by atoms with Gasteiger partial charge in [0.1, 0.15) is 28.9 Å². The zero-order chi connectivity index (χ0) is 30.3. The molecule has 43 heavy (non-hydrogen) atoms. The molecule has 1 amide bonds. The summed E-state index contributed by atoms with van der Waals surface area (Å²) in [5, 5.41) is 5.16. The Labute approximate surface area is 255 Å². The highest BCUT2D eigenvalue weighted by molar-refractivity contribution is 6.29. The summed E-state index contributed by atoms with van der Waals surface area (Å²) in [6.45, 7) is 2.52. The molecule has 1 fully saturated rings. The Morgan fingerprint density at radius 2 is 1.88 bits per heavy atom. The van der Waals surface area contributed by atoms with Crippen LogP contribution in [-0.2, 0) is 16.3 Å². The number of hydrogen-bond acceptors (Lipinski definition) is 7. The van der Waals surface area contributed by atoms with Crippen LogP contribution in [-0.4, -0.2) is 35.4 Å². The Hall–Kier alpha value is -4.11. The van der Waals surface area contributed by atoms with Gasteiger partial charge in [-0.15, -0.1) is 0 Å². The van der Waals surface area contributed by atoms with Gasteiger partial charge in [-0.1, -0.05) is 36.9 Å². The van der Waals surface area contributed by atoms with Crippen LogP contribution in [0.1, 0.15) is 71.8 Å². The van der Waals surface area contributed by atoms with Gasteiger partial charge in [0.05, 0.1) is 12.5 Å². The number of fused-ring (bicyclic) bond motifs is 1. The highest BCUT2D eigenvalue weighted by atomic mass is 35.5. The van der Waals surface area contributed by atoms with E-state index in [4.69, 9.17) is 20.8 Å². The summed E-state index contributed by atoms with van der Waals surface area (Å²) < 4.78 is 24.5. The van der Waals surface area contributed by atoms with Gasteiger partial charge in [-0.25, -0.2) is 9.78 Å². The number of ether oxygens (including phenoxy) is 1. The Morgan fingerprint density at radius 3 is 2.58 bits per heavy atom. The van der Waals surface area contributed by atoms with Crippen LogP contribution < -0.4 is 10.1 Å². The third-order valence-electron chi connectivity index (χ3n) is 8.08. The van der Waals surface area contributed by atoms with Crippen LogP contribution in [0.25, 0.3) is 11.0 Å². The zero-order valence-electron chi connectivity index (χ0n) is 24.3. The van der Waals surface area contributed by atoms with Gasteiger partial charge in [0.25, 0.3) is 5.91 Å². The quantitative estimate of drug-likeness (QED) is 0.173. The molecule has 5 rings (SSSR count). The molecule has 4 aromatic rings. The fraction of sp³-hybridized carbons (Fsp3) is 0.364. The molecule has 1 atom stereocenters. The topological polar surface area (TPSA) is 93.9 Å². The molecule has 1 unspecified atom stereocenters. The summed E-state index contributed by atoms with van der Waals surface area (Å²) in [5.41, 5.74) is 4.14. The Balaban J connectivity index is 1.34. The van der Waals surface area contributed by atoms with Gasteiger partial charge in [-0.3, -0.25) is 9.74 Å². The predicted octanol–water partition coefficient (Wildman–Crippen LogP) is 7.99. The number of pyridine rings is 1. The molecule has 0 saturated heterocycles. The molecule has 226 valence electrons. The average molecular weight is 608 g/mol. The van der Waals surface area contributed by atoms with Gasteiger partial charge in [-0.2, -0.15) is 0 Å². The van der Waals surface area contributed by atoms with Crippen LogP contribution in [0.2, 0.25) is 5.15 Å². The molecule has 0 aliphatic heterocycles. The van der Waals surface area contributed by atoms with Crippen LogP contribution in [0.3, 0.4) is 0 Å². The van der Waals surface area contributed by atoms with Gasteiger partial charge in [0, 0.05) is 52.1 Å². The number of aromatic nitrogens is 1. The molecule has 0 radical (unpaired) electrons. The van der Waals surface area contributed by atoms with E-state index in [1.165, 1.54) is 24.2 Å². The van der Waals surface area contributed by atoms with Gasteiger partial charge >= 0.3 is 5.97 Å². The van der Waals surface area contributed by atoms with Gasteiger partial charge in [0.2, 0.25) is 0 Å². The lowest BCUT2D eigenvalue weighted by atomic mass is 9.82. The van der Waals surface area contributed by atoms with E-state index in [0.29, 0.717) is 23.2 Å². The third-order valence-corrected chi connectivity index (χ3v) is 8.30. The number of carbonyl (C=O) groups is 2. The van der Waals surface area contributed by atoms with Crippen LogP contribution in [0.5, 0.6) is 5.75 Å². The average Bonchev–Trinajstić information content (AvgIpc) is 3.37. The molecule has 2 heterocycles. The molecule has 10 heteroatoms. The lowest BCUT2D eigenvalue weighted by Gasteiger charge is -2.31. The first-order valence-electron chi connectivity index (χ1n) is 14.5. The summed E-state index contributed by atoms with van der Waals surface area (Å²) in [5.74, 6) is 0.768. The standard InChI is InChI=1S/C33H35ClFN3O5/c1-21-27-18-26(41-20-22-8-15-29(34)36-19-22)13-14-28(27)42-32(21)31(23-6-4-3-5-7-23)37-25-11-9-24(10-12-25)33(40)38(2)17-16-30(39)43-35/h8-15,18-19,23,31,37H,3-7,16-17,20H2,1-2H3. The highest BCUT2D eigenvalue weighted by Crippen LogP contribution is 2.41. The smallest absolute Gasteiger partial charge is 0.350 e. The normalized spacial score (nSPS) is 14.3. The summed E-state index contributed by atoms with van der Waals surface area (Å²) in [7, 11) is 1.56. The van der Waals surface area contributed by atoms with E-state index in [1.54, 1.807) is 31.4 Å². The summed E-state index contributed by atoms with van der Waals surface area (Å²) >= 11 is 5.90. The number of nitrogens with one attached hydrogen (secondary N) is 1. The van der Waals surface area contributed by atoms with Crippen LogP contribution in [0, 0.1) is 12.8 Å². The van der Waals surface area contributed by atoms with Crippen molar-refractivity contribution in [2.45, 2.75) is 58.1 Å². The second-order valence-corrected chi connectivity index (χ2v) is 11.4. The van der Waals surface area contributed by atoms with Gasteiger partial charge in [-0.05, 0) is 74.2 Å². The van der Waals surface area contributed by atoms with Gasteiger partial charge < -0.3 is 19.4 Å². The number of rotatable bonds is 11. The van der Waals surface area contributed by atoms with Crippen LogP contribution in [0.4, 0.5) is 10.2 Å². The second-order valence-electron chi connectivity index (χ2n) is 11.1. The van der Waals surface area contributed by atoms with Crippen molar-refractivity contribution >= 4 is 40.1 Å². The molecule has 0 bridgehead atoms. The molecular formula is C33H35ClFN3O5.